The molecule has 0 aliphatic carbocycles. The highest BCUT2D eigenvalue weighted by Crippen LogP contribution is 2.45. The molecule has 0 amide bonds. The molecule has 0 fully saturated rings. The zero-order valence-corrected chi connectivity index (χ0v) is 67.7. The molecule has 19 heteroatoms. The normalized spacial score (nSPS) is 14.3. The smallest absolute Gasteiger partial charge is 0.462 e. The van der Waals surface area contributed by atoms with Crippen molar-refractivity contribution in [3.05, 3.63) is 97.2 Å². The number of hydrogen-bond donors (Lipinski definition) is 3. The van der Waals surface area contributed by atoms with Crippen LogP contribution in [0.1, 0.15) is 362 Å². The number of ether oxygens (including phenoxy) is 4. The summed E-state index contributed by atoms with van der Waals surface area (Å²) in [5, 5.41) is 10.6. The maximum atomic E-state index is 13.1. The fourth-order valence-corrected chi connectivity index (χ4v) is 12.8. The van der Waals surface area contributed by atoms with Crippen molar-refractivity contribution in [3.8, 4) is 0 Å². The van der Waals surface area contributed by atoms with Gasteiger partial charge in [0.05, 0.1) is 26.4 Å². The minimum absolute atomic E-state index is 0.00783. The molecule has 0 aromatic heterocycles. The van der Waals surface area contributed by atoms with E-state index in [4.69, 9.17) is 37.0 Å². The molecular weight excluding hydrogens is 1350 g/mol. The van der Waals surface area contributed by atoms with Gasteiger partial charge in [0.2, 0.25) is 0 Å². The van der Waals surface area contributed by atoms with Crippen LogP contribution in [0, 0.1) is 0 Å². The Hall–Kier alpha value is -4.02. The number of allylic oxidation sites excluding steroid dienone is 16. The Balaban J connectivity index is 5.42. The predicted octanol–water partition coefficient (Wildman–Crippen LogP) is 24.3. The van der Waals surface area contributed by atoms with E-state index in [0.717, 1.165) is 96.3 Å². The molecule has 0 radical (unpaired) electrons. The minimum Gasteiger partial charge on any atom is -0.462 e. The van der Waals surface area contributed by atoms with Crippen LogP contribution in [0.25, 0.3) is 0 Å². The van der Waals surface area contributed by atoms with E-state index < -0.39 is 97.5 Å². The lowest BCUT2D eigenvalue weighted by Crippen LogP contribution is -2.30. The molecule has 5 atom stereocenters. The number of hydrogen-bond acceptors (Lipinski definition) is 15. The van der Waals surface area contributed by atoms with Gasteiger partial charge in [0, 0.05) is 25.7 Å². The number of carbonyl (C=O) groups excluding carboxylic acids is 4. The molecule has 0 bridgehead atoms. The van der Waals surface area contributed by atoms with Gasteiger partial charge in [-0.2, -0.15) is 0 Å². The summed E-state index contributed by atoms with van der Waals surface area (Å²) in [6.07, 6.45) is 82.5. The first-order valence-electron chi connectivity index (χ1n) is 41.5. The number of phosphoric ester groups is 2. The van der Waals surface area contributed by atoms with Crippen LogP contribution in [0.5, 0.6) is 0 Å². The Bertz CT molecular complexity index is 2350. The topological polar surface area (TPSA) is 237 Å². The first kappa shape index (κ1) is 100.0. The van der Waals surface area contributed by atoms with Crippen LogP contribution in [0.3, 0.4) is 0 Å². The van der Waals surface area contributed by atoms with Gasteiger partial charge in [-0.1, -0.05) is 330 Å². The second-order valence-electron chi connectivity index (χ2n) is 27.7. The Morgan fingerprint density at radius 1 is 0.269 bits per heavy atom. The molecule has 0 aromatic rings. The maximum absolute atomic E-state index is 13.1. The predicted molar refractivity (Wildman–Crippen MR) is 427 cm³/mol. The van der Waals surface area contributed by atoms with Gasteiger partial charge in [-0.3, -0.25) is 37.3 Å². The summed E-state index contributed by atoms with van der Waals surface area (Å²) in [6.45, 7) is 4.76. The third-order valence-corrected chi connectivity index (χ3v) is 19.5. The fourth-order valence-electron chi connectivity index (χ4n) is 11.2. The monoisotopic (exact) mass is 1510 g/mol. The average molecular weight is 1510 g/mol. The molecular formula is C85H150O17P2. The van der Waals surface area contributed by atoms with Crippen LogP contribution in [-0.4, -0.2) is 96.7 Å². The number of unbranched alkanes of at least 4 members (excludes halogenated alkanes) is 36. The van der Waals surface area contributed by atoms with Crippen LogP contribution in [-0.2, 0) is 65.4 Å². The van der Waals surface area contributed by atoms with Crippen molar-refractivity contribution in [2.75, 3.05) is 39.6 Å². The molecule has 3 N–H and O–H groups in total. The van der Waals surface area contributed by atoms with Crippen LogP contribution in [0.15, 0.2) is 97.2 Å². The van der Waals surface area contributed by atoms with E-state index in [0.29, 0.717) is 38.5 Å². The van der Waals surface area contributed by atoms with Crippen LogP contribution in [0.4, 0.5) is 0 Å². The first-order valence-corrected chi connectivity index (χ1v) is 44.5. The number of esters is 4. The van der Waals surface area contributed by atoms with Crippen molar-refractivity contribution in [3.63, 3.8) is 0 Å². The van der Waals surface area contributed by atoms with E-state index >= 15 is 0 Å². The molecule has 0 saturated heterocycles. The fraction of sp³-hybridized carbons (Fsp3) is 0.765. The van der Waals surface area contributed by atoms with Gasteiger partial charge in [0.1, 0.15) is 19.3 Å². The van der Waals surface area contributed by atoms with Crippen LogP contribution >= 0.6 is 15.6 Å². The minimum atomic E-state index is -5.00. The third-order valence-electron chi connectivity index (χ3n) is 17.6. The Morgan fingerprint density at radius 2 is 0.481 bits per heavy atom. The second-order valence-corrected chi connectivity index (χ2v) is 30.6. The van der Waals surface area contributed by atoms with Gasteiger partial charge in [0.15, 0.2) is 12.2 Å². The largest absolute Gasteiger partial charge is 0.472 e. The summed E-state index contributed by atoms with van der Waals surface area (Å²) in [7, 11) is -9.98. The van der Waals surface area contributed by atoms with E-state index in [1.54, 1.807) is 0 Å². The van der Waals surface area contributed by atoms with Gasteiger partial charge >= 0.3 is 39.5 Å². The summed E-state index contributed by atoms with van der Waals surface area (Å²) in [5.74, 6) is -2.28. The molecule has 0 aliphatic rings. The quantitative estimate of drug-likeness (QED) is 0.0169. The summed E-state index contributed by atoms with van der Waals surface area (Å²) >= 11 is 0. The number of aliphatic hydroxyl groups is 1. The molecule has 2 unspecified atom stereocenters. The summed E-state index contributed by atoms with van der Waals surface area (Å²) in [5.41, 5.74) is 0. The SMILES string of the molecule is CCCCC/C=C\C/C=C\C/C=C\C/C=C\CCCC(=O)OC[C@H](COP(=O)(O)OC[C@H](O)COP(=O)(O)OC[C@@H](COC(=O)CCCCCCCCCCCCCCCCCCC)OC(=O)CCCCCCCCCCCCCCC)OC(=O)CCC/C=C\C/C=C\C/C=C\C/C=C\CCCCC. The molecule has 0 spiro atoms. The van der Waals surface area contributed by atoms with Gasteiger partial charge in [-0.25, -0.2) is 9.13 Å². The van der Waals surface area contributed by atoms with Crippen molar-refractivity contribution in [2.24, 2.45) is 0 Å². The first-order chi connectivity index (χ1) is 50.7. The summed E-state index contributed by atoms with van der Waals surface area (Å²) in [6, 6.07) is 0. The highest BCUT2D eigenvalue weighted by molar-refractivity contribution is 7.47. The number of rotatable bonds is 78. The Labute approximate surface area is 633 Å². The Kier molecular flexibility index (Phi) is 74.2. The summed E-state index contributed by atoms with van der Waals surface area (Å²) in [4.78, 5) is 73.0. The molecule has 17 nitrogen and oxygen atoms in total. The molecule has 0 aromatic carbocycles. The third kappa shape index (κ3) is 76.2. The van der Waals surface area contributed by atoms with E-state index in [9.17, 15) is 43.2 Å². The van der Waals surface area contributed by atoms with E-state index in [1.807, 2.05) is 24.3 Å². The molecule has 0 aliphatic heterocycles. The van der Waals surface area contributed by atoms with Crippen molar-refractivity contribution in [1.29, 1.82) is 0 Å². The Morgan fingerprint density at radius 3 is 0.769 bits per heavy atom. The zero-order valence-electron chi connectivity index (χ0n) is 65.9. The molecule has 602 valence electrons. The van der Waals surface area contributed by atoms with E-state index in [-0.39, 0.29) is 25.7 Å². The van der Waals surface area contributed by atoms with Gasteiger partial charge in [-0.15, -0.1) is 0 Å². The lowest BCUT2D eigenvalue weighted by molar-refractivity contribution is -0.161. The molecule has 0 heterocycles. The van der Waals surface area contributed by atoms with Crippen LogP contribution < -0.4 is 0 Å². The van der Waals surface area contributed by atoms with Gasteiger partial charge in [-0.05, 0) is 103 Å². The van der Waals surface area contributed by atoms with Gasteiger partial charge < -0.3 is 33.8 Å². The molecule has 0 rings (SSSR count). The highest BCUT2D eigenvalue weighted by Gasteiger charge is 2.30. The van der Waals surface area contributed by atoms with Crippen molar-refractivity contribution >= 4 is 39.5 Å². The number of phosphoric acid groups is 2. The number of carbonyl (C=O) groups is 4. The standard InChI is InChI=1S/C85H150O17P2/c1-5-9-13-17-21-25-29-33-36-39-42-46-49-53-57-61-65-69-82(87)95-75-80(101-84(89)71-67-63-59-55-51-45-32-28-24-20-16-12-8-4)77-99-103(91,92)97-73-79(86)74-98-104(93,94)100-78-81(102-85(90)72-68-64-60-56-52-48-44-41-38-35-31-27-23-19-15-11-7-3)76-96-83(88)70-66-62-58-54-50-47-43-40-37-34-30-26-22-18-14-10-6-2/h22-23,26-27,34-35,37-38,43-44,47-48,54,56,58,60,79-81,86H,5-21,24-25,28-33,36,39-42,45-46,49-53,55,57,59,61-78H2,1-4H3,(H,91,92)(H,93,94)/b26-22-,27-23-,37-34-,38-35-,47-43-,48-44-,58-54-,60-56-/t79-,80-,81-/m1/s1. The molecule has 104 heavy (non-hydrogen) atoms. The lowest BCUT2D eigenvalue weighted by atomic mass is 10.0. The van der Waals surface area contributed by atoms with Crippen molar-refractivity contribution < 1.29 is 80.2 Å². The second kappa shape index (κ2) is 77.1. The van der Waals surface area contributed by atoms with Crippen molar-refractivity contribution in [2.45, 2.75) is 380 Å². The van der Waals surface area contributed by atoms with Crippen molar-refractivity contribution in [1.82, 2.24) is 0 Å². The zero-order chi connectivity index (χ0) is 76.0. The lowest BCUT2D eigenvalue weighted by Gasteiger charge is -2.21. The molecule has 0 saturated carbocycles. The average Bonchev–Trinajstić information content (AvgIpc) is 0.910. The van der Waals surface area contributed by atoms with Gasteiger partial charge in [0.25, 0.3) is 0 Å². The summed E-state index contributed by atoms with van der Waals surface area (Å²) < 4.78 is 68.6. The van der Waals surface area contributed by atoms with Crippen LogP contribution in [0.2, 0.25) is 0 Å². The highest BCUT2D eigenvalue weighted by atomic mass is 31.2. The number of aliphatic hydroxyl groups excluding tert-OH is 1. The van der Waals surface area contributed by atoms with E-state index in [1.165, 1.54) is 173 Å². The van der Waals surface area contributed by atoms with E-state index in [2.05, 4.69) is 101 Å². The maximum Gasteiger partial charge on any atom is 0.472 e.